The molecule has 0 bridgehead atoms. The molecule has 0 spiro atoms. The van der Waals surface area contributed by atoms with Gasteiger partial charge in [-0.2, -0.15) is 0 Å². The molecular formula is C6H8N2OS. The van der Waals surface area contributed by atoms with Crippen LogP contribution in [0.4, 0.5) is 0 Å². The van der Waals surface area contributed by atoms with E-state index in [9.17, 15) is 5.11 Å². The van der Waals surface area contributed by atoms with E-state index in [1.807, 2.05) is 0 Å². The highest BCUT2D eigenvalue weighted by molar-refractivity contribution is 7.05. The molecule has 1 rings (SSSR count). The van der Waals surface area contributed by atoms with Gasteiger partial charge in [-0.05, 0) is 18.0 Å². The number of hydrogen-bond acceptors (Lipinski definition) is 4. The van der Waals surface area contributed by atoms with Crippen molar-refractivity contribution >= 4 is 11.5 Å². The lowest BCUT2D eigenvalue weighted by Gasteiger charge is -2.00. The first-order valence-corrected chi connectivity index (χ1v) is 3.68. The average molecular weight is 156 g/mol. The Morgan fingerprint density at radius 2 is 2.70 bits per heavy atom. The Hall–Kier alpha value is -0.740. The van der Waals surface area contributed by atoms with Gasteiger partial charge >= 0.3 is 0 Å². The largest absolute Gasteiger partial charge is 0.387 e. The van der Waals surface area contributed by atoms with Crippen LogP contribution >= 0.6 is 11.5 Å². The Bertz CT molecular complexity index is 198. The molecule has 0 aliphatic carbocycles. The van der Waals surface area contributed by atoms with Crippen molar-refractivity contribution in [3.05, 3.63) is 23.7 Å². The summed E-state index contributed by atoms with van der Waals surface area (Å²) < 4.78 is 3.62. The molecule has 0 radical (unpaired) electrons. The van der Waals surface area contributed by atoms with Crippen LogP contribution in [0, 0.1) is 0 Å². The van der Waals surface area contributed by atoms with Crippen LogP contribution in [0.25, 0.3) is 0 Å². The molecule has 1 aromatic rings. The van der Waals surface area contributed by atoms with E-state index < -0.39 is 6.10 Å². The molecule has 1 atom stereocenters. The van der Waals surface area contributed by atoms with E-state index in [0.717, 1.165) is 4.88 Å². The molecule has 1 heterocycles. The predicted octanol–water partition coefficient (Wildman–Crippen LogP) is 1.15. The summed E-state index contributed by atoms with van der Waals surface area (Å²) >= 11 is 1.21. The monoisotopic (exact) mass is 156 g/mol. The fourth-order valence-corrected chi connectivity index (χ4v) is 1.10. The molecular weight excluding hydrogens is 148 g/mol. The fourth-order valence-electron chi connectivity index (χ4n) is 0.596. The van der Waals surface area contributed by atoms with Gasteiger partial charge in [0.2, 0.25) is 0 Å². The van der Waals surface area contributed by atoms with Crippen molar-refractivity contribution in [1.82, 2.24) is 9.59 Å². The zero-order valence-corrected chi connectivity index (χ0v) is 6.21. The SMILES string of the molecule is C=CCC(O)c1cnns1. The summed E-state index contributed by atoms with van der Waals surface area (Å²) in [5.74, 6) is 0. The van der Waals surface area contributed by atoms with Gasteiger partial charge in [-0.15, -0.1) is 11.7 Å². The molecule has 3 nitrogen and oxygen atoms in total. The molecule has 1 aromatic heterocycles. The van der Waals surface area contributed by atoms with Crippen molar-refractivity contribution in [3.63, 3.8) is 0 Å². The topological polar surface area (TPSA) is 46.0 Å². The number of hydrogen-bond donors (Lipinski definition) is 1. The molecule has 54 valence electrons. The number of nitrogens with zero attached hydrogens (tertiary/aromatic N) is 2. The van der Waals surface area contributed by atoms with E-state index in [-0.39, 0.29) is 0 Å². The second-order valence-electron chi connectivity index (χ2n) is 1.86. The number of aromatic nitrogens is 2. The summed E-state index contributed by atoms with van der Waals surface area (Å²) in [6.45, 7) is 3.51. The van der Waals surface area contributed by atoms with Crippen molar-refractivity contribution in [3.8, 4) is 0 Å². The van der Waals surface area contributed by atoms with Gasteiger partial charge in [0.15, 0.2) is 0 Å². The third kappa shape index (κ3) is 1.62. The summed E-state index contributed by atoms with van der Waals surface area (Å²) in [5.41, 5.74) is 0. The Kier molecular flexibility index (Phi) is 2.53. The molecule has 0 aliphatic rings. The maximum Gasteiger partial charge on any atom is 0.0948 e. The second kappa shape index (κ2) is 3.43. The van der Waals surface area contributed by atoms with E-state index in [2.05, 4.69) is 16.2 Å². The summed E-state index contributed by atoms with van der Waals surface area (Å²) in [5, 5.41) is 12.9. The fraction of sp³-hybridized carbons (Fsp3) is 0.333. The van der Waals surface area contributed by atoms with Crippen LogP contribution in [-0.4, -0.2) is 14.7 Å². The lowest BCUT2D eigenvalue weighted by molar-refractivity contribution is 0.185. The third-order valence-electron chi connectivity index (χ3n) is 1.10. The highest BCUT2D eigenvalue weighted by Crippen LogP contribution is 2.17. The van der Waals surface area contributed by atoms with Gasteiger partial charge < -0.3 is 5.11 Å². The van der Waals surface area contributed by atoms with Gasteiger partial charge in [-0.1, -0.05) is 10.6 Å². The predicted molar refractivity (Wildman–Crippen MR) is 39.7 cm³/mol. The Morgan fingerprint density at radius 3 is 3.20 bits per heavy atom. The van der Waals surface area contributed by atoms with Crippen LogP contribution in [0.15, 0.2) is 18.9 Å². The van der Waals surface area contributed by atoms with Crippen molar-refractivity contribution in [2.75, 3.05) is 0 Å². The normalized spacial score (nSPS) is 12.9. The van der Waals surface area contributed by atoms with Gasteiger partial charge in [-0.25, -0.2) is 0 Å². The van der Waals surface area contributed by atoms with Gasteiger partial charge in [-0.3, -0.25) is 0 Å². The quantitative estimate of drug-likeness (QED) is 0.668. The second-order valence-corrected chi connectivity index (χ2v) is 2.68. The van der Waals surface area contributed by atoms with Crippen LogP contribution in [0.5, 0.6) is 0 Å². The minimum absolute atomic E-state index is 0.475. The molecule has 4 heteroatoms. The molecule has 0 saturated heterocycles. The van der Waals surface area contributed by atoms with Gasteiger partial charge in [0, 0.05) is 0 Å². The van der Waals surface area contributed by atoms with Crippen molar-refractivity contribution in [1.29, 1.82) is 0 Å². The molecule has 0 saturated carbocycles. The molecule has 1 unspecified atom stereocenters. The lowest BCUT2D eigenvalue weighted by atomic mass is 10.2. The summed E-state index contributed by atoms with van der Waals surface area (Å²) in [4.78, 5) is 0.792. The van der Waals surface area contributed by atoms with Crippen molar-refractivity contribution in [2.45, 2.75) is 12.5 Å². The van der Waals surface area contributed by atoms with Crippen LogP contribution in [0.1, 0.15) is 17.4 Å². The maximum atomic E-state index is 9.27. The number of rotatable bonds is 3. The minimum Gasteiger partial charge on any atom is -0.387 e. The first-order valence-electron chi connectivity index (χ1n) is 2.91. The van der Waals surface area contributed by atoms with Crippen LogP contribution in [0.3, 0.4) is 0 Å². The zero-order valence-electron chi connectivity index (χ0n) is 5.40. The molecule has 10 heavy (non-hydrogen) atoms. The van der Waals surface area contributed by atoms with Crippen LogP contribution in [-0.2, 0) is 0 Å². The smallest absolute Gasteiger partial charge is 0.0948 e. The van der Waals surface area contributed by atoms with Crippen molar-refractivity contribution in [2.24, 2.45) is 0 Å². The highest BCUT2D eigenvalue weighted by Gasteiger charge is 2.06. The molecule has 1 N–H and O–H groups in total. The van der Waals surface area contributed by atoms with E-state index >= 15 is 0 Å². The van der Waals surface area contributed by atoms with Crippen LogP contribution < -0.4 is 0 Å². The first kappa shape index (κ1) is 7.37. The molecule has 0 aromatic carbocycles. The van der Waals surface area contributed by atoms with Gasteiger partial charge in [0.05, 0.1) is 17.2 Å². The van der Waals surface area contributed by atoms with E-state index in [1.54, 1.807) is 12.3 Å². The first-order chi connectivity index (χ1) is 4.84. The van der Waals surface area contributed by atoms with E-state index in [0.29, 0.717) is 6.42 Å². The molecule has 0 fully saturated rings. The summed E-state index contributed by atoms with van der Waals surface area (Å²) in [7, 11) is 0. The third-order valence-corrected chi connectivity index (χ3v) is 1.86. The summed E-state index contributed by atoms with van der Waals surface area (Å²) in [6, 6.07) is 0. The highest BCUT2D eigenvalue weighted by atomic mass is 32.1. The van der Waals surface area contributed by atoms with Gasteiger partial charge in [0.1, 0.15) is 0 Å². The molecule has 0 aliphatic heterocycles. The van der Waals surface area contributed by atoms with Crippen LogP contribution in [0.2, 0.25) is 0 Å². The minimum atomic E-state index is -0.475. The number of aliphatic hydroxyl groups is 1. The molecule has 0 amide bonds. The standard InChI is InChI=1S/C6H8N2OS/c1-2-3-5(9)6-4-7-8-10-6/h2,4-5,9H,1,3H2. The Labute approximate surface area is 63.2 Å². The Morgan fingerprint density at radius 1 is 1.90 bits per heavy atom. The number of aliphatic hydroxyl groups excluding tert-OH is 1. The van der Waals surface area contributed by atoms with Crippen molar-refractivity contribution < 1.29 is 5.11 Å². The lowest BCUT2D eigenvalue weighted by Crippen LogP contribution is -1.90. The average Bonchev–Trinajstić information content (AvgIpc) is 2.38. The zero-order chi connectivity index (χ0) is 7.40. The van der Waals surface area contributed by atoms with Gasteiger partial charge in [0.25, 0.3) is 0 Å². The van der Waals surface area contributed by atoms with E-state index in [4.69, 9.17) is 0 Å². The summed E-state index contributed by atoms with van der Waals surface area (Å²) in [6.07, 6.45) is 3.32. The van der Waals surface area contributed by atoms with E-state index in [1.165, 1.54) is 11.5 Å². The maximum absolute atomic E-state index is 9.27. The Balaban J connectivity index is 2.58.